The summed E-state index contributed by atoms with van der Waals surface area (Å²) in [6.07, 6.45) is 2.32. The van der Waals surface area contributed by atoms with Crippen molar-refractivity contribution in [3.8, 4) is 0 Å². The van der Waals surface area contributed by atoms with Crippen LogP contribution in [0.5, 0.6) is 0 Å². The largest absolute Gasteiger partial charge is 0.378 e. The van der Waals surface area contributed by atoms with Gasteiger partial charge in [-0.05, 0) is 38.6 Å². The maximum atomic E-state index is 5.98. The van der Waals surface area contributed by atoms with E-state index in [4.69, 9.17) is 10.5 Å². The van der Waals surface area contributed by atoms with Crippen LogP contribution in [0.3, 0.4) is 0 Å². The van der Waals surface area contributed by atoms with E-state index in [0.717, 1.165) is 45.7 Å². The molecule has 1 aliphatic heterocycles. The summed E-state index contributed by atoms with van der Waals surface area (Å²) in [5, 5.41) is 0. The molecule has 16 heavy (non-hydrogen) atoms. The third-order valence-corrected chi connectivity index (χ3v) is 4.28. The van der Waals surface area contributed by atoms with E-state index < -0.39 is 0 Å². The van der Waals surface area contributed by atoms with Crippen molar-refractivity contribution < 1.29 is 4.74 Å². The molecule has 0 saturated carbocycles. The van der Waals surface area contributed by atoms with E-state index in [1.807, 2.05) is 0 Å². The lowest BCUT2D eigenvalue weighted by molar-refractivity contribution is -0.0684. The summed E-state index contributed by atoms with van der Waals surface area (Å²) >= 11 is 0. The van der Waals surface area contributed by atoms with Crippen molar-refractivity contribution in [2.24, 2.45) is 11.1 Å². The zero-order chi connectivity index (χ0) is 12.2. The molecule has 0 amide bonds. The van der Waals surface area contributed by atoms with Crippen LogP contribution in [0.25, 0.3) is 0 Å². The molecule has 0 spiro atoms. The highest BCUT2D eigenvalue weighted by atomic mass is 16.5. The Morgan fingerprint density at radius 3 is 2.38 bits per heavy atom. The second-order valence-electron chi connectivity index (χ2n) is 5.70. The summed E-state index contributed by atoms with van der Waals surface area (Å²) in [6, 6.07) is 0. The summed E-state index contributed by atoms with van der Waals surface area (Å²) < 4.78 is 5.56. The lowest BCUT2D eigenvalue weighted by Crippen LogP contribution is -2.57. The topological polar surface area (TPSA) is 38.5 Å². The summed E-state index contributed by atoms with van der Waals surface area (Å²) in [4.78, 5) is 2.55. The van der Waals surface area contributed by atoms with Crippen molar-refractivity contribution in [1.29, 1.82) is 0 Å². The zero-order valence-corrected chi connectivity index (χ0v) is 11.4. The van der Waals surface area contributed by atoms with Crippen molar-refractivity contribution in [2.75, 3.05) is 32.8 Å². The predicted molar refractivity (Wildman–Crippen MR) is 68.5 cm³/mol. The highest BCUT2D eigenvalue weighted by molar-refractivity contribution is 4.90. The Balaban J connectivity index is 2.69. The molecule has 2 N–H and O–H groups in total. The van der Waals surface area contributed by atoms with Gasteiger partial charge in [0.25, 0.3) is 0 Å². The standard InChI is InChI=1S/C13H28N2O/c1-5-13(6-2,9-14)10-15-7-8-16-11-12(15,3)4/h5-11,14H2,1-4H3. The smallest absolute Gasteiger partial charge is 0.0645 e. The van der Waals surface area contributed by atoms with E-state index >= 15 is 0 Å². The summed E-state index contributed by atoms with van der Waals surface area (Å²) in [7, 11) is 0. The van der Waals surface area contributed by atoms with Gasteiger partial charge in [-0.3, -0.25) is 4.90 Å². The van der Waals surface area contributed by atoms with Crippen LogP contribution >= 0.6 is 0 Å². The Morgan fingerprint density at radius 2 is 1.94 bits per heavy atom. The van der Waals surface area contributed by atoms with Gasteiger partial charge in [-0.1, -0.05) is 13.8 Å². The van der Waals surface area contributed by atoms with Crippen LogP contribution in [-0.4, -0.2) is 43.3 Å². The SMILES string of the molecule is CCC(CC)(CN)CN1CCOCC1(C)C. The molecule has 1 saturated heterocycles. The molecular formula is C13H28N2O. The molecule has 0 aromatic carbocycles. The third kappa shape index (κ3) is 2.96. The van der Waals surface area contributed by atoms with Gasteiger partial charge in [-0.2, -0.15) is 0 Å². The summed E-state index contributed by atoms with van der Waals surface area (Å²) in [5.41, 5.74) is 6.42. The minimum absolute atomic E-state index is 0.156. The maximum Gasteiger partial charge on any atom is 0.0645 e. The van der Waals surface area contributed by atoms with Gasteiger partial charge in [-0.15, -0.1) is 0 Å². The average molecular weight is 228 g/mol. The summed E-state index contributed by atoms with van der Waals surface area (Å²) in [6.45, 7) is 13.7. The predicted octanol–water partition coefficient (Wildman–Crippen LogP) is 1.86. The number of rotatable bonds is 5. The molecule has 96 valence electrons. The van der Waals surface area contributed by atoms with Crippen molar-refractivity contribution in [2.45, 2.75) is 46.1 Å². The fourth-order valence-corrected chi connectivity index (χ4v) is 2.42. The van der Waals surface area contributed by atoms with Gasteiger partial charge in [0, 0.05) is 18.6 Å². The Bertz CT molecular complexity index is 204. The maximum absolute atomic E-state index is 5.98. The lowest BCUT2D eigenvalue weighted by atomic mass is 9.80. The van der Waals surface area contributed by atoms with Gasteiger partial charge in [0.05, 0.1) is 13.2 Å². The molecule has 3 nitrogen and oxygen atoms in total. The lowest BCUT2D eigenvalue weighted by Gasteiger charge is -2.47. The van der Waals surface area contributed by atoms with Crippen LogP contribution in [0, 0.1) is 5.41 Å². The van der Waals surface area contributed by atoms with E-state index in [-0.39, 0.29) is 11.0 Å². The first-order chi connectivity index (χ1) is 7.49. The first-order valence-corrected chi connectivity index (χ1v) is 6.52. The van der Waals surface area contributed by atoms with Gasteiger partial charge >= 0.3 is 0 Å². The van der Waals surface area contributed by atoms with Gasteiger partial charge in [0.15, 0.2) is 0 Å². The first-order valence-electron chi connectivity index (χ1n) is 6.52. The highest BCUT2D eigenvalue weighted by Crippen LogP contribution is 2.30. The molecular weight excluding hydrogens is 200 g/mol. The molecule has 0 bridgehead atoms. The van der Waals surface area contributed by atoms with Gasteiger partial charge in [0.1, 0.15) is 0 Å². The van der Waals surface area contributed by atoms with Crippen LogP contribution in [0.4, 0.5) is 0 Å². The van der Waals surface area contributed by atoms with Crippen molar-refractivity contribution in [3.05, 3.63) is 0 Å². The van der Waals surface area contributed by atoms with Crippen LogP contribution in [0.15, 0.2) is 0 Å². The van der Waals surface area contributed by atoms with E-state index in [1.54, 1.807) is 0 Å². The first kappa shape index (κ1) is 13.9. The van der Waals surface area contributed by atoms with Gasteiger partial charge in [0.2, 0.25) is 0 Å². The molecule has 1 fully saturated rings. The Hall–Kier alpha value is -0.120. The molecule has 0 atom stereocenters. The molecule has 0 radical (unpaired) electrons. The van der Waals surface area contributed by atoms with E-state index in [9.17, 15) is 0 Å². The number of nitrogens with zero attached hydrogens (tertiary/aromatic N) is 1. The molecule has 0 aromatic heterocycles. The van der Waals surface area contributed by atoms with Crippen molar-refractivity contribution >= 4 is 0 Å². The molecule has 0 aromatic rings. The normalized spacial score (nSPS) is 22.3. The van der Waals surface area contributed by atoms with E-state index in [1.165, 1.54) is 0 Å². The minimum atomic E-state index is 0.156. The Labute approximate surface area is 100 Å². The molecule has 1 rings (SSSR count). The summed E-state index contributed by atoms with van der Waals surface area (Å²) in [5.74, 6) is 0. The number of ether oxygens (including phenoxy) is 1. The van der Waals surface area contributed by atoms with Crippen molar-refractivity contribution in [3.63, 3.8) is 0 Å². The number of morpholine rings is 1. The third-order valence-electron chi connectivity index (χ3n) is 4.28. The fraction of sp³-hybridized carbons (Fsp3) is 1.00. The monoisotopic (exact) mass is 228 g/mol. The van der Waals surface area contributed by atoms with Crippen LogP contribution < -0.4 is 5.73 Å². The molecule has 1 aliphatic rings. The zero-order valence-electron chi connectivity index (χ0n) is 11.4. The Kier molecular flexibility index (Phi) is 4.77. The van der Waals surface area contributed by atoms with E-state index in [2.05, 4.69) is 32.6 Å². The van der Waals surface area contributed by atoms with Crippen LogP contribution in [-0.2, 0) is 4.74 Å². The van der Waals surface area contributed by atoms with Crippen molar-refractivity contribution in [1.82, 2.24) is 4.90 Å². The number of nitrogens with two attached hydrogens (primary N) is 1. The fourth-order valence-electron chi connectivity index (χ4n) is 2.42. The Morgan fingerprint density at radius 1 is 1.31 bits per heavy atom. The second-order valence-corrected chi connectivity index (χ2v) is 5.70. The second kappa shape index (κ2) is 5.48. The number of hydrogen-bond donors (Lipinski definition) is 1. The highest BCUT2D eigenvalue weighted by Gasteiger charge is 2.36. The average Bonchev–Trinajstić information content (AvgIpc) is 2.28. The van der Waals surface area contributed by atoms with Crippen LogP contribution in [0.1, 0.15) is 40.5 Å². The van der Waals surface area contributed by atoms with Crippen LogP contribution in [0.2, 0.25) is 0 Å². The molecule has 0 unspecified atom stereocenters. The molecule has 1 heterocycles. The number of hydrogen-bond acceptors (Lipinski definition) is 3. The minimum Gasteiger partial charge on any atom is -0.378 e. The quantitative estimate of drug-likeness (QED) is 0.780. The van der Waals surface area contributed by atoms with Gasteiger partial charge in [-0.25, -0.2) is 0 Å². The molecule has 3 heteroatoms. The molecule has 0 aliphatic carbocycles. The van der Waals surface area contributed by atoms with E-state index in [0.29, 0.717) is 0 Å². The van der Waals surface area contributed by atoms with Gasteiger partial charge < -0.3 is 10.5 Å².